The third-order valence-corrected chi connectivity index (χ3v) is 3.21. The number of ether oxygens (including phenoxy) is 1. The first-order valence-electron chi connectivity index (χ1n) is 5.37. The zero-order valence-corrected chi connectivity index (χ0v) is 8.65. The highest BCUT2D eigenvalue weighted by Crippen LogP contribution is 2.54. The van der Waals surface area contributed by atoms with Crippen molar-refractivity contribution in [2.45, 2.75) is 24.5 Å². The number of carbonyl (C=O) groups excluding carboxylic acids is 1. The van der Waals surface area contributed by atoms with Crippen LogP contribution in [0.2, 0.25) is 0 Å². The van der Waals surface area contributed by atoms with Crippen LogP contribution in [0.4, 0.5) is 4.39 Å². The van der Waals surface area contributed by atoms with E-state index in [0.29, 0.717) is 6.42 Å². The quantitative estimate of drug-likeness (QED) is 0.678. The van der Waals surface area contributed by atoms with Gasteiger partial charge in [0.05, 0.1) is 0 Å². The lowest BCUT2D eigenvalue weighted by Gasteiger charge is -2.12. The molecule has 82 valence electrons. The molecule has 0 amide bonds. The number of benzene rings is 1. The van der Waals surface area contributed by atoms with Crippen LogP contribution in [0, 0.1) is 5.82 Å². The Balaban J connectivity index is 1.90. The number of hydrogen-bond donors (Lipinski definition) is 0. The number of halogens is 1. The minimum Gasteiger partial charge on any atom is -0.352 e. The summed E-state index contributed by atoms with van der Waals surface area (Å²) in [6, 6.07) is 6.27. The van der Waals surface area contributed by atoms with Gasteiger partial charge in [0.25, 0.3) is 0 Å². The molecule has 1 saturated heterocycles. The van der Waals surface area contributed by atoms with Gasteiger partial charge in [0.15, 0.2) is 11.4 Å². The summed E-state index contributed by atoms with van der Waals surface area (Å²) in [6.45, 7) is 0. The van der Waals surface area contributed by atoms with E-state index >= 15 is 0 Å². The lowest BCUT2D eigenvalue weighted by atomic mass is 9.87. The molecule has 1 fully saturated rings. The predicted octanol–water partition coefficient (Wildman–Crippen LogP) is 2.55. The molecule has 1 aromatic carbocycles. The first-order chi connectivity index (χ1) is 7.72. The van der Waals surface area contributed by atoms with Crippen molar-refractivity contribution >= 4 is 5.78 Å². The van der Waals surface area contributed by atoms with E-state index in [1.54, 1.807) is 18.2 Å². The molecule has 2 unspecified atom stereocenters. The van der Waals surface area contributed by atoms with E-state index in [9.17, 15) is 9.18 Å². The van der Waals surface area contributed by atoms with Crippen molar-refractivity contribution in [2.24, 2.45) is 0 Å². The second-order valence-corrected chi connectivity index (χ2v) is 4.25. The smallest absolute Gasteiger partial charge is 0.190 e. The number of epoxide rings is 1. The zero-order chi connectivity index (χ0) is 11.2. The van der Waals surface area contributed by atoms with Gasteiger partial charge in [-0.05, 0) is 36.6 Å². The molecule has 2 atom stereocenters. The highest BCUT2D eigenvalue weighted by Gasteiger charge is 2.61. The van der Waals surface area contributed by atoms with Crippen LogP contribution < -0.4 is 0 Å². The average molecular weight is 218 g/mol. The molecule has 3 rings (SSSR count). The molecule has 0 aromatic heterocycles. The van der Waals surface area contributed by atoms with Gasteiger partial charge in [-0.3, -0.25) is 4.79 Å². The van der Waals surface area contributed by atoms with E-state index in [2.05, 4.69) is 0 Å². The number of hydrogen-bond acceptors (Lipinski definition) is 2. The largest absolute Gasteiger partial charge is 0.352 e. The Morgan fingerprint density at radius 3 is 3.06 bits per heavy atom. The van der Waals surface area contributed by atoms with Crippen LogP contribution in [0.25, 0.3) is 0 Å². The van der Waals surface area contributed by atoms with Gasteiger partial charge >= 0.3 is 0 Å². The first-order valence-corrected chi connectivity index (χ1v) is 5.37. The Bertz CT molecular complexity index is 481. The molecule has 1 heterocycles. The SMILES string of the molecule is O=C1C=CCCC12OC2c1cccc(F)c1. The van der Waals surface area contributed by atoms with Gasteiger partial charge in [-0.1, -0.05) is 18.2 Å². The lowest BCUT2D eigenvalue weighted by Crippen LogP contribution is -2.25. The fourth-order valence-electron chi connectivity index (χ4n) is 2.31. The monoisotopic (exact) mass is 218 g/mol. The molecular formula is C13H11FO2. The van der Waals surface area contributed by atoms with Crippen molar-refractivity contribution in [2.75, 3.05) is 0 Å². The Morgan fingerprint density at radius 1 is 1.44 bits per heavy atom. The Hall–Kier alpha value is -1.48. The van der Waals surface area contributed by atoms with Gasteiger partial charge in [0.2, 0.25) is 0 Å². The standard InChI is InChI=1S/C13H11FO2/c14-10-5-3-4-9(8-10)12-13(16-12)7-2-1-6-11(13)15/h1,3-6,8,12H,2,7H2. The summed E-state index contributed by atoms with van der Waals surface area (Å²) in [7, 11) is 0. The van der Waals surface area contributed by atoms with Gasteiger partial charge in [0.1, 0.15) is 11.9 Å². The minimum atomic E-state index is -0.692. The molecule has 3 heteroatoms. The van der Waals surface area contributed by atoms with Crippen molar-refractivity contribution in [3.8, 4) is 0 Å². The molecule has 2 aliphatic rings. The third kappa shape index (κ3) is 1.32. The Kier molecular flexibility index (Phi) is 1.98. The van der Waals surface area contributed by atoms with Crippen molar-refractivity contribution in [3.63, 3.8) is 0 Å². The van der Waals surface area contributed by atoms with Crippen LogP contribution in [0.15, 0.2) is 36.4 Å². The van der Waals surface area contributed by atoms with E-state index < -0.39 is 5.60 Å². The van der Waals surface area contributed by atoms with Crippen LogP contribution in [-0.2, 0) is 9.53 Å². The Morgan fingerprint density at radius 2 is 2.31 bits per heavy atom. The normalized spacial score (nSPS) is 32.1. The van der Waals surface area contributed by atoms with E-state index in [0.717, 1.165) is 12.0 Å². The highest BCUT2D eigenvalue weighted by molar-refractivity contribution is 6.00. The summed E-state index contributed by atoms with van der Waals surface area (Å²) < 4.78 is 18.6. The number of carbonyl (C=O) groups is 1. The summed E-state index contributed by atoms with van der Waals surface area (Å²) in [5.74, 6) is -0.282. The maximum atomic E-state index is 13.1. The van der Waals surface area contributed by atoms with Crippen LogP contribution in [0.5, 0.6) is 0 Å². The number of rotatable bonds is 1. The van der Waals surface area contributed by atoms with Gasteiger partial charge in [0, 0.05) is 0 Å². The lowest BCUT2D eigenvalue weighted by molar-refractivity contribution is -0.120. The van der Waals surface area contributed by atoms with E-state index in [-0.39, 0.29) is 17.7 Å². The second-order valence-electron chi connectivity index (χ2n) is 4.25. The Labute approximate surface area is 92.7 Å². The molecule has 1 aliphatic heterocycles. The predicted molar refractivity (Wildman–Crippen MR) is 56.3 cm³/mol. The minimum absolute atomic E-state index is 0.00742. The number of allylic oxidation sites excluding steroid dienone is 1. The van der Waals surface area contributed by atoms with Gasteiger partial charge < -0.3 is 4.74 Å². The van der Waals surface area contributed by atoms with Gasteiger partial charge in [-0.25, -0.2) is 4.39 Å². The number of ketones is 1. The van der Waals surface area contributed by atoms with Gasteiger partial charge in [-0.15, -0.1) is 0 Å². The summed E-state index contributed by atoms with van der Waals surface area (Å²) in [6.07, 6.45) is 4.71. The van der Waals surface area contributed by atoms with E-state index in [4.69, 9.17) is 4.74 Å². The van der Waals surface area contributed by atoms with Crippen LogP contribution >= 0.6 is 0 Å². The van der Waals surface area contributed by atoms with Crippen molar-refractivity contribution in [1.82, 2.24) is 0 Å². The average Bonchev–Trinajstić information content (AvgIpc) is 2.99. The maximum Gasteiger partial charge on any atom is 0.190 e. The molecule has 16 heavy (non-hydrogen) atoms. The summed E-state index contributed by atoms with van der Waals surface area (Å²) in [5, 5.41) is 0. The zero-order valence-electron chi connectivity index (χ0n) is 8.65. The summed E-state index contributed by atoms with van der Waals surface area (Å²) in [4.78, 5) is 11.7. The molecular weight excluding hydrogens is 207 g/mol. The molecule has 0 saturated carbocycles. The van der Waals surface area contributed by atoms with Crippen LogP contribution in [-0.4, -0.2) is 11.4 Å². The second kappa shape index (κ2) is 3.25. The highest BCUT2D eigenvalue weighted by atomic mass is 19.1. The van der Waals surface area contributed by atoms with E-state index in [1.807, 2.05) is 6.08 Å². The molecule has 0 radical (unpaired) electrons. The molecule has 1 spiro atoms. The van der Waals surface area contributed by atoms with E-state index in [1.165, 1.54) is 12.1 Å². The molecule has 2 nitrogen and oxygen atoms in total. The summed E-state index contributed by atoms with van der Waals surface area (Å²) in [5.41, 5.74) is 0.0615. The molecule has 0 bridgehead atoms. The molecule has 0 N–H and O–H groups in total. The maximum absolute atomic E-state index is 13.1. The topological polar surface area (TPSA) is 29.6 Å². The first kappa shape index (κ1) is 9.73. The summed E-state index contributed by atoms with van der Waals surface area (Å²) >= 11 is 0. The van der Waals surface area contributed by atoms with Crippen molar-refractivity contribution < 1.29 is 13.9 Å². The third-order valence-electron chi connectivity index (χ3n) is 3.21. The van der Waals surface area contributed by atoms with Crippen LogP contribution in [0.1, 0.15) is 24.5 Å². The van der Waals surface area contributed by atoms with Gasteiger partial charge in [-0.2, -0.15) is 0 Å². The van der Waals surface area contributed by atoms with Crippen molar-refractivity contribution in [3.05, 3.63) is 47.8 Å². The molecule has 1 aliphatic carbocycles. The van der Waals surface area contributed by atoms with Crippen LogP contribution in [0.3, 0.4) is 0 Å². The molecule has 1 aromatic rings. The van der Waals surface area contributed by atoms with Crippen molar-refractivity contribution in [1.29, 1.82) is 0 Å². The fraction of sp³-hybridized carbons (Fsp3) is 0.308. The fourth-order valence-corrected chi connectivity index (χ4v) is 2.31.